The molecular formula is C18H24N2O4. The minimum Gasteiger partial charge on any atom is -0.490 e. The van der Waals surface area contributed by atoms with E-state index in [0.29, 0.717) is 44.1 Å². The summed E-state index contributed by atoms with van der Waals surface area (Å²) in [4.78, 5) is 27.8. The summed E-state index contributed by atoms with van der Waals surface area (Å²) >= 11 is 0. The topological polar surface area (TPSA) is 59.1 Å². The van der Waals surface area contributed by atoms with Crippen molar-refractivity contribution in [3.8, 4) is 5.75 Å². The van der Waals surface area contributed by atoms with Crippen molar-refractivity contribution in [3.05, 3.63) is 29.8 Å². The summed E-state index contributed by atoms with van der Waals surface area (Å²) < 4.78 is 11.4. The molecule has 1 atom stereocenters. The van der Waals surface area contributed by atoms with Gasteiger partial charge in [0.05, 0.1) is 11.7 Å². The predicted molar refractivity (Wildman–Crippen MR) is 89.1 cm³/mol. The van der Waals surface area contributed by atoms with Crippen LogP contribution in [0.1, 0.15) is 30.1 Å². The number of ether oxygens (including phenoxy) is 2. The number of hydrogen-bond acceptors (Lipinski definition) is 4. The first-order chi connectivity index (χ1) is 11.6. The highest BCUT2D eigenvalue weighted by Crippen LogP contribution is 2.22. The third-order valence-corrected chi connectivity index (χ3v) is 4.58. The Bertz CT molecular complexity index is 590. The summed E-state index contributed by atoms with van der Waals surface area (Å²) in [6, 6.07) is 7.34. The number of carbonyl (C=O) groups is 2. The highest BCUT2D eigenvalue weighted by atomic mass is 16.5. The molecule has 2 fully saturated rings. The van der Waals surface area contributed by atoms with Crippen LogP contribution in [0, 0.1) is 0 Å². The molecule has 2 heterocycles. The molecule has 0 radical (unpaired) electrons. The first-order valence-corrected chi connectivity index (χ1v) is 8.53. The van der Waals surface area contributed by atoms with Gasteiger partial charge < -0.3 is 19.3 Å². The van der Waals surface area contributed by atoms with Crippen LogP contribution >= 0.6 is 0 Å². The first kappa shape index (κ1) is 16.8. The Morgan fingerprint density at radius 1 is 1.17 bits per heavy atom. The van der Waals surface area contributed by atoms with Crippen LogP contribution in [-0.2, 0) is 9.53 Å². The van der Waals surface area contributed by atoms with Crippen LogP contribution in [0.2, 0.25) is 0 Å². The summed E-state index contributed by atoms with van der Waals surface area (Å²) in [6.07, 6.45) is 2.19. The number of carbonyl (C=O) groups excluding carboxylic acids is 2. The SMILES string of the molecule is CC(=O)N1CCN(C(=O)c2ccccc2OCC2CCCO2)CC1. The minimum atomic E-state index is -0.0406. The largest absolute Gasteiger partial charge is 0.490 e. The third-order valence-electron chi connectivity index (χ3n) is 4.58. The Balaban J connectivity index is 1.63. The summed E-state index contributed by atoms with van der Waals surface area (Å²) in [5.74, 6) is 0.621. The molecule has 2 saturated heterocycles. The molecule has 0 aromatic heterocycles. The fourth-order valence-electron chi connectivity index (χ4n) is 3.12. The monoisotopic (exact) mass is 332 g/mol. The second kappa shape index (κ2) is 7.66. The lowest BCUT2D eigenvalue weighted by atomic mass is 10.1. The van der Waals surface area contributed by atoms with E-state index >= 15 is 0 Å². The Morgan fingerprint density at radius 2 is 1.88 bits per heavy atom. The number of piperazine rings is 1. The molecule has 2 aliphatic rings. The van der Waals surface area contributed by atoms with Crippen LogP contribution in [0.4, 0.5) is 0 Å². The van der Waals surface area contributed by atoms with Crippen molar-refractivity contribution in [3.63, 3.8) is 0 Å². The Kier molecular flexibility index (Phi) is 5.35. The zero-order chi connectivity index (χ0) is 16.9. The highest BCUT2D eigenvalue weighted by molar-refractivity contribution is 5.97. The maximum absolute atomic E-state index is 12.8. The molecule has 130 valence electrons. The van der Waals surface area contributed by atoms with Gasteiger partial charge in [-0.1, -0.05) is 12.1 Å². The van der Waals surface area contributed by atoms with Gasteiger partial charge in [-0.3, -0.25) is 9.59 Å². The van der Waals surface area contributed by atoms with Crippen molar-refractivity contribution in [2.75, 3.05) is 39.4 Å². The van der Waals surface area contributed by atoms with E-state index in [2.05, 4.69) is 0 Å². The number of para-hydroxylation sites is 1. The van der Waals surface area contributed by atoms with Gasteiger partial charge in [-0.05, 0) is 25.0 Å². The molecule has 1 aromatic carbocycles. The molecule has 0 saturated carbocycles. The summed E-state index contributed by atoms with van der Waals surface area (Å²) in [5, 5.41) is 0. The average molecular weight is 332 g/mol. The molecule has 1 unspecified atom stereocenters. The third kappa shape index (κ3) is 3.87. The van der Waals surface area contributed by atoms with E-state index < -0.39 is 0 Å². The zero-order valence-electron chi connectivity index (χ0n) is 14.1. The molecule has 3 rings (SSSR count). The van der Waals surface area contributed by atoms with Crippen LogP contribution in [0.5, 0.6) is 5.75 Å². The van der Waals surface area contributed by atoms with Crippen molar-refractivity contribution in [2.45, 2.75) is 25.9 Å². The molecular weight excluding hydrogens is 308 g/mol. The van der Waals surface area contributed by atoms with E-state index in [0.717, 1.165) is 19.4 Å². The van der Waals surface area contributed by atoms with Gasteiger partial charge in [0.2, 0.25) is 5.91 Å². The molecule has 2 aliphatic heterocycles. The second-order valence-corrected chi connectivity index (χ2v) is 6.24. The molecule has 6 nitrogen and oxygen atoms in total. The van der Waals surface area contributed by atoms with Gasteiger partial charge >= 0.3 is 0 Å². The number of amides is 2. The van der Waals surface area contributed by atoms with Gasteiger partial charge in [-0.25, -0.2) is 0 Å². The molecule has 0 bridgehead atoms. The van der Waals surface area contributed by atoms with Crippen molar-refractivity contribution in [1.82, 2.24) is 9.80 Å². The van der Waals surface area contributed by atoms with Crippen molar-refractivity contribution in [1.29, 1.82) is 0 Å². The number of rotatable bonds is 4. The summed E-state index contributed by atoms with van der Waals surface area (Å²) in [6.45, 7) is 5.10. The molecule has 24 heavy (non-hydrogen) atoms. The zero-order valence-corrected chi connectivity index (χ0v) is 14.1. The molecule has 0 aliphatic carbocycles. The highest BCUT2D eigenvalue weighted by Gasteiger charge is 2.25. The van der Waals surface area contributed by atoms with Gasteiger partial charge in [0.1, 0.15) is 12.4 Å². The standard InChI is InChI=1S/C18H24N2O4/c1-14(21)19-8-10-20(11-9-19)18(22)16-6-2-3-7-17(16)24-13-15-5-4-12-23-15/h2-3,6-7,15H,4-5,8-13H2,1H3. The van der Waals surface area contributed by atoms with Crippen molar-refractivity contribution in [2.24, 2.45) is 0 Å². The van der Waals surface area contributed by atoms with Crippen LogP contribution in [0.25, 0.3) is 0 Å². The van der Waals surface area contributed by atoms with Gasteiger partial charge in [-0.15, -0.1) is 0 Å². The molecule has 0 spiro atoms. The van der Waals surface area contributed by atoms with E-state index in [1.54, 1.807) is 22.8 Å². The fraction of sp³-hybridized carbons (Fsp3) is 0.556. The fourth-order valence-corrected chi connectivity index (χ4v) is 3.12. The molecule has 1 aromatic rings. The lowest BCUT2D eigenvalue weighted by molar-refractivity contribution is -0.130. The van der Waals surface area contributed by atoms with E-state index in [1.165, 1.54) is 0 Å². The summed E-state index contributed by atoms with van der Waals surface area (Å²) in [7, 11) is 0. The van der Waals surface area contributed by atoms with Gasteiger partial charge in [0, 0.05) is 39.7 Å². The Hall–Kier alpha value is -2.08. The number of benzene rings is 1. The summed E-state index contributed by atoms with van der Waals surface area (Å²) in [5.41, 5.74) is 0.576. The van der Waals surface area contributed by atoms with Gasteiger partial charge in [0.25, 0.3) is 5.91 Å². The van der Waals surface area contributed by atoms with Crippen LogP contribution in [0.3, 0.4) is 0 Å². The maximum Gasteiger partial charge on any atom is 0.257 e. The maximum atomic E-state index is 12.8. The molecule has 2 amide bonds. The van der Waals surface area contributed by atoms with E-state index in [-0.39, 0.29) is 17.9 Å². The normalized spacial score (nSPS) is 21.0. The lowest BCUT2D eigenvalue weighted by Gasteiger charge is -2.34. The number of nitrogens with zero attached hydrogens (tertiary/aromatic N) is 2. The van der Waals surface area contributed by atoms with Crippen LogP contribution < -0.4 is 4.74 Å². The number of hydrogen-bond donors (Lipinski definition) is 0. The molecule has 6 heteroatoms. The molecule has 0 N–H and O–H groups in total. The van der Waals surface area contributed by atoms with Crippen LogP contribution in [0.15, 0.2) is 24.3 Å². The quantitative estimate of drug-likeness (QED) is 0.839. The minimum absolute atomic E-state index is 0.0406. The second-order valence-electron chi connectivity index (χ2n) is 6.24. The Labute approximate surface area is 142 Å². The Morgan fingerprint density at radius 3 is 2.54 bits per heavy atom. The van der Waals surface area contributed by atoms with Gasteiger partial charge in [-0.2, -0.15) is 0 Å². The average Bonchev–Trinajstić information content (AvgIpc) is 3.13. The van der Waals surface area contributed by atoms with E-state index in [9.17, 15) is 9.59 Å². The van der Waals surface area contributed by atoms with Gasteiger partial charge in [0.15, 0.2) is 0 Å². The van der Waals surface area contributed by atoms with E-state index in [4.69, 9.17) is 9.47 Å². The van der Waals surface area contributed by atoms with E-state index in [1.807, 2.05) is 18.2 Å². The lowest BCUT2D eigenvalue weighted by Crippen LogP contribution is -2.50. The predicted octanol–water partition coefficient (Wildman–Crippen LogP) is 1.55. The first-order valence-electron chi connectivity index (χ1n) is 8.53. The van der Waals surface area contributed by atoms with Crippen LogP contribution in [-0.4, -0.2) is 67.1 Å². The van der Waals surface area contributed by atoms with Crippen molar-refractivity contribution >= 4 is 11.8 Å². The van der Waals surface area contributed by atoms with Crippen molar-refractivity contribution < 1.29 is 19.1 Å². The smallest absolute Gasteiger partial charge is 0.257 e.